The van der Waals surface area contributed by atoms with Gasteiger partial charge >= 0.3 is 5.97 Å². The van der Waals surface area contributed by atoms with Crippen LogP contribution in [0.5, 0.6) is 0 Å². The largest absolute Gasteiger partial charge is 0.465 e. The van der Waals surface area contributed by atoms with Crippen LogP contribution in [0.15, 0.2) is 24.3 Å². The summed E-state index contributed by atoms with van der Waals surface area (Å²) in [7, 11) is 1.35. The van der Waals surface area contributed by atoms with Crippen molar-refractivity contribution in [2.45, 2.75) is 6.92 Å². The Balaban J connectivity index is 1.99. The predicted molar refractivity (Wildman–Crippen MR) is 66.6 cm³/mol. The third kappa shape index (κ3) is 1.85. The number of hydrogen-bond acceptors (Lipinski definition) is 5. The average Bonchev–Trinajstić information content (AvgIpc) is 3.01. The summed E-state index contributed by atoms with van der Waals surface area (Å²) in [6.45, 7) is 1.84. The fraction of sp³-hybridized carbons (Fsp3) is 0.167. The second kappa shape index (κ2) is 4.20. The van der Waals surface area contributed by atoms with Crippen LogP contribution in [0.4, 0.5) is 0 Å². The van der Waals surface area contributed by atoms with Crippen LogP contribution in [0.3, 0.4) is 0 Å². The molecule has 3 aromatic rings. The zero-order chi connectivity index (χ0) is 13.4. The lowest BCUT2D eigenvalue weighted by atomic mass is 10.1. The van der Waals surface area contributed by atoms with Gasteiger partial charge in [-0.3, -0.25) is 5.10 Å². The highest BCUT2D eigenvalue weighted by molar-refractivity contribution is 5.89. The van der Waals surface area contributed by atoms with Crippen LogP contribution in [0, 0.1) is 6.92 Å². The minimum Gasteiger partial charge on any atom is -0.465 e. The summed E-state index contributed by atoms with van der Waals surface area (Å²) in [6, 6.07) is 6.98. The number of ether oxygens (including phenoxy) is 1. The molecule has 0 aliphatic heterocycles. The minimum atomic E-state index is -0.360. The van der Waals surface area contributed by atoms with E-state index in [1.54, 1.807) is 28.8 Å². The molecule has 0 aliphatic rings. The maximum Gasteiger partial charge on any atom is 0.337 e. The van der Waals surface area contributed by atoms with Crippen molar-refractivity contribution >= 4 is 11.7 Å². The molecule has 0 saturated carbocycles. The van der Waals surface area contributed by atoms with Crippen molar-refractivity contribution in [3.8, 4) is 11.4 Å². The van der Waals surface area contributed by atoms with Crippen LogP contribution in [-0.4, -0.2) is 37.9 Å². The first-order valence-corrected chi connectivity index (χ1v) is 5.65. The summed E-state index contributed by atoms with van der Waals surface area (Å²) in [5.74, 6) is 1.56. The number of H-pyrrole nitrogens is 1. The first-order valence-electron chi connectivity index (χ1n) is 5.65. The number of nitrogens with zero attached hydrogens (tertiary/aromatic N) is 4. The highest BCUT2D eigenvalue weighted by Crippen LogP contribution is 2.17. The number of carbonyl (C=O) groups excluding carboxylic acids is 1. The summed E-state index contributed by atoms with van der Waals surface area (Å²) < 4.78 is 6.35. The maximum absolute atomic E-state index is 11.3. The number of benzene rings is 1. The van der Waals surface area contributed by atoms with Gasteiger partial charge in [0.05, 0.1) is 12.7 Å². The number of nitrogens with one attached hydrogen (secondary N) is 1. The van der Waals surface area contributed by atoms with E-state index in [9.17, 15) is 4.79 Å². The number of carbonyl (C=O) groups is 1. The molecule has 0 unspecified atom stereocenters. The van der Waals surface area contributed by atoms with Gasteiger partial charge in [0.15, 0.2) is 11.6 Å². The summed E-state index contributed by atoms with van der Waals surface area (Å²) in [5.41, 5.74) is 1.36. The molecule has 7 nitrogen and oxygen atoms in total. The molecule has 1 aromatic carbocycles. The molecular weight excluding hydrogens is 246 g/mol. The summed E-state index contributed by atoms with van der Waals surface area (Å²) in [4.78, 5) is 15.7. The number of rotatable bonds is 2. The highest BCUT2D eigenvalue weighted by Gasteiger charge is 2.10. The van der Waals surface area contributed by atoms with Crippen LogP contribution >= 0.6 is 0 Å². The zero-order valence-corrected chi connectivity index (χ0v) is 10.4. The van der Waals surface area contributed by atoms with Gasteiger partial charge in [-0.15, -0.1) is 10.2 Å². The molecule has 0 amide bonds. The van der Waals surface area contributed by atoms with Crippen LogP contribution in [-0.2, 0) is 4.74 Å². The van der Waals surface area contributed by atoms with Gasteiger partial charge in [-0.1, -0.05) is 12.1 Å². The Hall–Kier alpha value is -2.70. The minimum absolute atomic E-state index is 0.360. The van der Waals surface area contributed by atoms with E-state index in [4.69, 9.17) is 0 Å². The first kappa shape index (κ1) is 11.4. The predicted octanol–water partition coefficient (Wildman–Crippen LogP) is 1.21. The van der Waals surface area contributed by atoms with Crippen molar-refractivity contribution in [1.29, 1.82) is 0 Å². The Bertz CT molecular complexity index is 741. The lowest BCUT2D eigenvalue weighted by Gasteiger charge is -2.00. The zero-order valence-electron chi connectivity index (χ0n) is 10.4. The molecule has 2 heterocycles. The Morgan fingerprint density at radius 2 is 2.00 bits per heavy atom. The number of aromatic amines is 1. The lowest BCUT2D eigenvalue weighted by Crippen LogP contribution is -2.00. The van der Waals surface area contributed by atoms with Crippen LogP contribution in [0.1, 0.15) is 16.2 Å². The van der Waals surface area contributed by atoms with Gasteiger partial charge in [0.25, 0.3) is 5.78 Å². The standard InChI is InChI=1S/C12H11N5O2/c1-7-14-15-12-13-10(16-17(7)12)8-3-5-9(6-4-8)11(18)19-2/h3-6H,1-2H3,(H,13,15,16). The third-order valence-electron chi connectivity index (χ3n) is 2.82. The average molecular weight is 257 g/mol. The molecule has 1 N–H and O–H groups in total. The van der Waals surface area contributed by atoms with Crippen LogP contribution < -0.4 is 0 Å². The maximum atomic E-state index is 11.3. The van der Waals surface area contributed by atoms with Crippen molar-refractivity contribution < 1.29 is 9.53 Å². The highest BCUT2D eigenvalue weighted by atomic mass is 16.5. The summed E-state index contributed by atoms with van der Waals surface area (Å²) in [6.07, 6.45) is 0. The van der Waals surface area contributed by atoms with Crippen molar-refractivity contribution in [2.75, 3.05) is 7.11 Å². The first-order chi connectivity index (χ1) is 9.19. The second-order valence-electron chi connectivity index (χ2n) is 4.02. The molecule has 0 bridgehead atoms. The van der Waals surface area contributed by atoms with E-state index in [1.165, 1.54) is 7.11 Å². The van der Waals surface area contributed by atoms with Gasteiger partial charge in [0.1, 0.15) is 0 Å². The topological polar surface area (TPSA) is 85.2 Å². The van der Waals surface area contributed by atoms with Gasteiger partial charge in [-0.25, -0.2) is 9.31 Å². The smallest absolute Gasteiger partial charge is 0.337 e. The Morgan fingerprint density at radius 1 is 1.26 bits per heavy atom. The number of fused-ring (bicyclic) bond motifs is 1. The Labute approximate surface area is 108 Å². The fourth-order valence-corrected chi connectivity index (χ4v) is 1.80. The van der Waals surface area contributed by atoms with E-state index >= 15 is 0 Å². The third-order valence-corrected chi connectivity index (χ3v) is 2.82. The molecule has 2 aromatic heterocycles. The number of aromatic nitrogens is 5. The molecule has 0 atom stereocenters. The van der Waals surface area contributed by atoms with Gasteiger partial charge in [-0.2, -0.15) is 4.98 Å². The SMILES string of the molecule is COC(=O)c1ccc(-c2nc3nnc(C)n3[nH]2)cc1. The summed E-state index contributed by atoms with van der Waals surface area (Å²) >= 11 is 0. The molecule has 7 heteroatoms. The number of hydrogen-bond donors (Lipinski definition) is 1. The number of aryl methyl sites for hydroxylation is 1. The number of esters is 1. The molecule has 0 spiro atoms. The van der Waals surface area contributed by atoms with Crippen LogP contribution in [0.2, 0.25) is 0 Å². The van der Waals surface area contributed by atoms with Gasteiger partial charge in [0.2, 0.25) is 0 Å². The van der Waals surface area contributed by atoms with Crippen molar-refractivity contribution in [2.24, 2.45) is 0 Å². The van der Waals surface area contributed by atoms with Crippen molar-refractivity contribution in [3.63, 3.8) is 0 Å². The van der Waals surface area contributed by atoms with Gasteiger partial charge in [-0.05, 0) is 19.1 Å². The van der Waals surface area contributed by atoms with E-state index in [2.05, 4.69) is 25.0 Å². The Kier molecular flexibility index (Phi) is 2.52. The normalized spacial score (nSPS) is 10.8. The van der Waals surface area contributed by atoms with E-state index in [0.29, 0.717) is 17.2 Å². The van der Waals surface area contributed by atoms with E-state index in [1.807, 2.05) is 6.92 Å². The number of methoxy groups -OCH3 is 1. The van der Waals surface area contributed by atoms with E-state index < -0.39 is 0 Å². The molecule has 3 rings (SSSR count). The molecule has 0 aliphatic carbocycles. The molecule has 19 heavy (non-hydrogen) atoms. The van der Waals surface area contributed by atoms with Gasteiger partial charge < -0.3 is 4.74 Å². The van der Waals surface area contributed by atoms with Crippen molar-refractivity contribution in [1.82, 2.24) is 24.8 Å². The monoisotopic (exact) mass is 257 g/mol. The molecule has 0 saturated heterocycles. The van der Waals surface area contributed by atoms with E-state index in [0.717, 1.165) is 11.4 Å². The van der Waals surface area contributed by atoms with E-state index in [-0.39, 0.29) is 5.97 Å². The molecular formula is C12H11N5O2. The lowest BCUT2D eigenvalue weighted by molar-refractivity contribution is 0.0601. The molecule has 0 radical (unpaired) electrons. The quantitative estimate of drug-likeness (QED) is 0.697. The Morgan fingerprint density at radius 3 is 2.63 bits per heavy atom. The second-order valence-corrected chi connectivity index (χ2v) is 4.02. The molecule has 96 valence electrons. The van der Waals surface area contributed by atoms with Gasteiger partial charge in [0, 0.05) is 5.56 Å². The van der Waals surface area contributed by atoms with Crippen molar-refractivity contribution in [3.05, 3.63) is 35.7 Å². The molecule has 0 fully saturated rings. The fourth-order valence-electron chi connectivity index (χ4n) is 1.80. The summed E-state index contributed by atoms with van der Waals surface area (Å²) in [5, 5.41) is 10.9. The van der Waals surface area contributed by atoms with Crippen LogP contribution in [0.25, 0.3) is 17.2 Å².